The summed E-state index contributed by atoms with van der Waals surface area (Å²) in [5.74, 6) is -0.0367. The number of hydrogen-bond acceptors (Lipinski definition) is 4. The average Bonchev–Trinajstić information content (AvgIpc) is 2.69. The molecule has 1 aliphatic heterocycles. The molecule has 0 N–H and O–H groups in total. The summed E-state index contributed by atoms with van der Waals surface area (Å²) in [7, 11) is 3.13. The van der Waals surface area contributed by atoms with Crippen LogP contribution in [-0.4, -0.2) is 40.8 Å². The SMILES string of the molecule is CN1C(=O)C(=Cc2cc(I)c(OCc3ccc(Br)cc3)c(I)c2)C(=O)N(C)C1=S. The second kappa shape index (κ2) is 9.40. The number of likely N-dealkylation sites (N-methyl/N-ethyl adjacent to an activating group) is 2. The highest BCUT2D eigenvalue weighted by molar-refractivity contribution is 14.1. The van der Waals surface area contributed by atoms with Gasteiger partial charge in [0.15, 0.2) is 5.11 Å². The van der Waals surface area contributed by atoms with Crippen LogP contribution in [0.5, 0.6) is 5.75 Å². The first-order valence-corrected chi connectivity index (χ1v) is 11.7. The summed E-state index contributed by atoms with van der Waals surface area (Å²) >= 11 is 12.9. The molecule has 2 aromatic rings. The van der Waals surface area contributed by atoms with Crippen molar-refractivity contribution in [2.24, 2.45) is 0 Å². The van der Waals surface area contributed by atoms with E-state index in [1.807, 2.05) is 36.4 Å². The largest absolute Gasteiger partial charge is 0.487 e. The van der Waals surface area contributed by atoms with E-state index in [1.165, 1.54) is 9.80 Å². The monoisotopic (exact) mass is 696 g/mol. The van der Waals surface area contributed by atoms with Crippen LogP contribution in [0.3, 0.4) is 0 Å². The van der Waals surface area contributed by atoms with Crippen molar-refractivity contribution in [3.63, 3.8) is 0 Å². The van der Waals surface area contributed by atoms with Gasteiger partial charge in [0.05, 0.1) is 7.14 Å². The number of ether oxygens (including phenoxy) is 1. The molecule has 0 radical (unpaired) electrons. The van der Waals surface area contributed by atoms with Gasteiger partial charge in [-0.15, -0.1) is 0 Å². The summed E-state index contributed by atoms with van der Waals surface area (Å²) in [6, 6.07) is 11.7. The fourth-order valence-electron chi connectivity index (χ4n) is 2.68. The summed E-state index contributed by atoms with van der Waals surface area (Å²) < 4.78 is 8.82. The van der Waals surface area contributed by atoms with Crippen molar-refractivity contribution in [1.29, 1.82) is 0 Å². The number of nitrogens with zero attached hydrogens (tertiary/aromatic N) is 2. The molecule has 1 aliphatic rings. The Morgan fingerprint density at radius 2 is 1.55 bits per heavy atom. The molecule has 3 rings (SSSR count). The molecule has 0 aliphatic carbocycles. The molecule has 1 saturated heterocycles. The molecule has 9 heteroatoms. The first-order chi connectivity index (χ1) is 13.7. The highest BCUT2D eigenvalue weighted by Crippen LogP contribution is 2.31. The average molecular weight is 697 g/mol. The lowest BCUT2D eigenvalue weighted by atomic mass is 10.1. The van der Waals surface area contributed by atoms with Gasteiger partial charge in [0, 0.05) is 18.6 Å². The van der Waals surface area contributed by atoms with Gasteiger partial charge < -0.3 is 4.74 Å². The Bertz CT molecular complexity index is 992. The molecule has 1 heterocycles. The Morgan fingerprint density at radius 3 is 2.07 bits per heavy atom. The minimum Gasteiger partial charge on any atom is -0.487 e. The van der Waals surface area contributed by atoms with Gasteiger partial charge in [-0.3, -0.25) is 19.4 Å². The molecule has 0 spiro atoms. The maximum absolute atomic E-state index is 12.5. The van der Waals surface area contributed by atoms with Gasteiger partial charge in [-0.2, -0.15) is 0 Å². The fraction of sp³-hybridized carbons (Fsp3) is 0.150. The maximum atomic E-state index is 12.5. The van der Waals surface area contributed by atoms with Crippen LogP contribution in [-0.2, 0) is 16.2 Å². The molecule has 5 nitrogen and oxygen atoms in total. The van der Waals surface area contributed by atoms with Gasteiger partial charge in [-0.25, -0.2) is 0 Å². The summed E-state index contributed by atoms with van der Waals surface area (Å²) in [5.41, 5.74) is 1.89. The van der Waals surface area contributed by atoms with Gasteiger partial charge in [-0.05, 0) is 98.9 Å². The predicted molar refractivity (Wildman–Crippen MR) is 136 cm³/mol. The standard InChI is InChI=1S/C20H15BrI2N2O3S/c1-24-18(26)14(19(27)25(2)20(24)29)7-12-8-15(22)17(16(23)9-12)28-10-11-3-5-13(21)6-4-11/h3-9H,10H2,1-2H3. The first-order valence-electron chi connectivity index (χ1n) is 8.37. The lowest BCUT2D eigenvalue weighted by Crippen LogP contribution is -2.52. The number of carbonyl (C=O) groups excluding carboxylic acids is 2. The van der Waals surface area contributed by atoms with Crippen LogP contribution in [0.25, 0.3) is 6.08 Å². The van der Waals surface area contributed by atoms with E-state index in [-0.39, 0.29) is 10.7 Å². The van der Waals surface area contributed by atoms with Crippen LogP contribution in [0.1, 0.15) is 11.1 Å². The predicted octanol–water partition coefficient (Wildman–Crippen LogP) is 4.84. The van der Waals surface area contributed by atoms with E-state index in [4.69, 9.17) is 17.0 Å². The number of carbonyl (C=O) groups is 2. The van der Waals surface area contributed by atoms with E-state index in [9.17, 15) is 9.59 Å². The van der Waals surface area contributed by atoms with Crippen LogP contribution in [0.15, 0.2) is 46.4 Å². The molecular weight excluding hydrogens is 682 g/mol. The Balaban J connectivity index is 1.86. The minimum atomic E-state index is -0.404. The van der Waals surface area contributed by atoms with Gasteiger partial charge in [0.2, 0.25) is 0 Å². The van der Waals surface area contributed by atoms with Gasteiger partial charge in [-0.1, -0.05) is 28.1 Å². The molecule has 0 aromatic heterocycles. The smallest absolute Gasteiger partial charge is 0.265 e. The summed E-state index contributed by atoms with van der Waals surface area (Å²) in [6.07, 6.45) is 1.60. The molecule has 1 fully saturated rings. The van der Waals surface area contributed by atoms with Crippen molar-refractivity contribution in [2.45, 2.75) is 6.61 Å². The normalized spacial score (nSPS) is 14.5. The topological polar surface area (TPSA) is 49.9 Å². The molecule has 2 amide bonds. The van der Waals surface area contributed by atoms with Crippen molar-refractivity contribution < 1.29 is 14.3 Å². The van der Waals surface area contributed by atoms with Crippen LogP contribution < -0.4 is 4.74 Å². The Morgan fingerprint density at radius 1 is 1.03 bits per heavy atom. The van der Waals surface area contributed by atoms with Crippen LogP contribution in [0.4, 0.5) is 0 Å². The van der Waals surface area contributed by atoms with Crippen LogP contribution in [0.2, 0.25) is 0 Å². The van der Waals surface area contributed by atoms with Crippen molar-refractivity contribution in [1.82, 2.24) is 9.80 Å². The summed E-state index contributed by atoms with van der Waals surface area (Å²) in [6.45, 7) is 0.448. The first kappa shape index (κ1) is 22.6. The molecule has 29 heavy (non-hydrogen) atoms. The quantitative estimate of drug-likeness (QED) is 0.199. The van der Waals surface area contributed by atoms with E-state index < -0.39 is 11.8 Å². The zero-order valence-corrected chi connectivity index (χ0v) is 22.1. The van der Waals surface area contributed by atoms with E-state index in [0.717, 1.165) is 28.5 Å². The van der Waals surface area contributed by atoms with Crippen LogP contribution in [0, 0.1) is 7.14 Å². The molecule has 150 valence electrons. The zero-order chi connectivity index (χ0) is 21.3. The third kappa shape index (κ3) is 5.00. The summed E-state index contributed by atoms with van der Waals surface area (Å²) in [5, 5.41) is 0.193. The third-order valence-corrected chi connectivity index (χ3v) is 6.95. The minimum absolute atomic E-state index is 0.0822. The highest BCUT2D eigenvalue weighted by atomic mass is 127. The van der Waals surface area contributed by atoms with E-state index in [2.05, 4.69) is 61.1 Å². The maximum Gasteiger partial charge on any atom is 0.265 e. The molecule has 0 unspecified atom stereocenters. The van der Waals surface area contributed by atoms with Crippen molar-refractivity contribution >= 4 is 96.3 Å². The number of amides is 2. The molecular formula is C20H15BrI2N2O3S. The Labute approximate surface area is 209 Å². The van der Waals surface area contributed by atoms with Crippen molar-refractivity contribution in [3.05, 3.63) is 64.7 Å². The highest BCUT2D eigenvalue weighted by Gasteiger charge is 2.35. The van der Waals surface area contributed by atoms with Crippen LogP contribution >= 0.6 is 73.3 Å². The third-order valence-electron chi connectivity index (χ3n) is 4.27. The molecule has 2 aromatic carbocycles. The van der Waals surface area contributed by atoms with E-state index in [1.54, 1.807) is 20.2 Å². The van der Waals surface area contributed by atoms with Crippen molar-refractivity contribution in [3.8, 4) is 5.75 Å². The van der Waals surface area contributed by atoms with Gasteiger partial charge in [0.1, 0.15) is 17.9 Å². The number of rotatable bonds is 4. The molecule has 0 atom stereocenters. The fourth-order valence-corrected chi connectivity index (χ4v) is 5.24. The summed E-state index contributed by atoms with van der Waals surface area (Å²) in [4.78, 5) is 27.6. The number of halogens is 3. The second-order valence-corrected chi connectivity index (χ2v) is 9.90. The number of thiocarbonyl (C=S) groups is 1. The second-order valence-electron chi connectivity index (χ2n) is 6.30. The number of benzene rings is 2. The van der Waals surface area contributed by atoms with Gasteiger partial charge in [0.25, 0.3) is 11.8 Å². The zero-order valence-electron chi connectivity index (χ0n) is 15.4. The van der Waals surface area contributed by atoms with Gasteiger partial charge >= 0.3 is 0 Å². The molecule has 0 bridgehead atoms. The van der Waals surface area contributed by atoms with E-state index >= 15 is 0 Å². The Kier molecular flexibility index (Phi) is 7.33. The van der Waals surface area contributed by atoms with Crippen molar-refractivity contribution in [2.75, 3.05) is 14.1 Å². The lowest BCUT2D eigenvalue weighted by Gasteiger charge is -2.31. The Hall–Kier alpha value is -1.05. The lowest BCUT2D eigenvalue weighted by molar-refractivity contribution is -0.132. The molecule has 0 saturated carbocycles. The number of hydrogen-bond donors (Lipinski definition) is 0. The van der Waals surface area contributed by atoms with E-state index in [0.29, 0.717) is 6.61 Å².